The van der Waals surface area contributed by atoms with Gasteiger partial charge in [0.05, 0.1) is 0 Å². The molecule has 1 aromatic carbocycles. The monoisotopic (exact) mass is 361 g/mol. The van der Waals surface area contributed by atoms with E-state index in [-0.39, 0.29) is 5.91 Å². The van der Waals surface area contributed by atoms with Crippen molar-refractivity contribution >= 4 is 12.0 Å². The molecule has 1 aliphatic heterocycles. The van der Waals surface area contributed by atoms with Crippen LogP contribution in [0.2, 0.25) is 0 Å². The molecule has 8 nitrogen and oxygen atoms in total. The van der Waals surface area contributed by atoms with Crippen LogP contribution in [0.15, 0.2) is 42.7 Å². The molecule has 8 heteroatoms. The zero-order valence-electron chi connectivity index (χ0n) is 15.4. The van der Waals surface area contributed by atoms with Crippen molar-refractivity contribution in [3.8, 4) is 0 Å². The number of rotatable bonds is 7. The molecule has 0 unspecified atom stereocenters. The lowest BCUT2D eigenvalue weighted by Crippen LogP contribution is -2.49. The highest BCUT2D eigenvalue weighted by atomic mass is 16.6. The second-order valence-electron chi connectivity index (χ2n) is 6.96. The van der Waals surface area contributed by atoms with Gasteiger partial charge in [-0.05, 0) is 32.8 Å². The Morgan fingerprint density at radius 1 is 1.23 bits per heavy atom. The van der Waals surface area contributed by atoms with Crippen molar-refractivity contribution in [1.82, 2.24) is 26.6 Å². The van der Waals surface area contributed by atoms with E-state index in [9.17, 15) is 9.59 Å². The van der Waals surface area contributed by atoms with E-state index in [2.05, 4.69) is 21.6 Å². The first-order valence-corrected chi connectivity index (χ1v) is 8.59. The van der Waals surface area contributed by atoms with Gasteiger partial charge in [-0.25, -0.2) is 4.79 Å². The Bertz CT molecular complexity index is 627. The summed E-state index contributed by atoms with van der Waals surface area (Å²) in [6.07, 6.45) is 3.36. The van der Waals surface area contributed by atoms with Gasteiger partial charge < -0.3 is 20.8 Å². The van der Waals surface area contributed by atoms with E-state index < -0.39 is 17.7 Å². The molecule has 1 aromatic rings. The second-order valence-corrected chi connectivity index (χ2v) is 6.96. The van der Waals surface area contributed by atoms with E-state index >= 15 is 0 Å². The first kappa shape index (κ1) is 19.6. The van der Waals surface area contributed by atoms with Crippen molar-refractivity contribution in [3.05, 3.63) is 48.3 Å². The van der Waals surface area contributed by atoms with Crippen molar-refractivity contribution < 1.29 is 14.3 Å². The molecule has 0 spiro atoms. The molecule has 0 radical (unpaired) electrons. The normalized spacial score (nSPS) is 14.5. The van der Waals surface area contributed by atoms with Crippen LogP contribution in [0.1, 0.15) is 32.8 Å². The van der Waals surface area contributed by atoms with Crippen LogP contribution in [0.5, 0.6) is 0 Å². The van der Waals surface area contributed by atoms with Crippen molar-refractivity contribution in [2.45, 2.75) is 45.4 Å². The number of nitrogens with zero attached hydrogens (tertiary/aromatic N) is 1. The minimum Gasteiger partial charge on any atom is -0.444 e. The molecule has 2 amide bonds. The maximum absolute atomic E-state index is 12.6. The summed E-state index contributed by atoms with van der Waals surface area (Å²) in [5.41, 5.74) is 6.09. The molecule has 0 bridgehead atoms. The van der Waals surface area contributed by atoms with Crippen molar-refractivity contribution in [2.24, 2.45) is 0 Å². The number of benzene rings is 1. The van der Waals surface area contributed by atoms with Gasteiger partial charge in [0.15, 0.2) is 0 Å². The Balaban J connectivity index is 1.92. The molecule has 26 heavy (non-hydrogen) atoms. The molecule has 2 rings (SSSR count). The summed E-state index contributed by atoms with van der Waals surface area (Å²) >= 11 is 0. The van der Waals surface area contributed by atoms with Crippen LogP contribution in [-0.2, 0) is 16.1 Å². The van der Waals surface area contributed by atoms with Gasteiger partial charge in [0.25, 0.3) is 0 Å². The van der Waals surface area contributed by atoms with Crippen LogP contribution < -0.4 is 21.6 Å². The zero-order valence-corrected chi connectivity index (χ0v) is 15.4. The van der Waals surface area contributed by atoms with Gasteiger partial charge in [-0.1, -0.05) is 30.3 Å². The average molecular weight is 361 g/mol. The van der Waals surface area contributed by atoms with E-state index in [1.54, 1.807) is 32.0 Å². The van der Waals surface area contributed by atoms with E-state index in [0.29, 0.717) is 19.5 Å². The largest absolute Gasteiger partial charge is 0.444 e. The predicted octanol–water partition coefficient (Wildman–Crippen LogP) is 1.38. The van der Waals surface area contributed by atoms with Crippen LogP contribution in [0.3, 0.4) is 0 Å². The smallest absolute Gasteiger partial charge is 0.408 e. The zero-order chi connectivity index (χ0) is 19.0. The fraction of sp³-hybridized carbons (Fsp3) is 0.444. The van der Waals surface area contributed by atoms with Gasteiger partial charge in [0.1, 0.15) is 11.6 Å². The van der Waals surface area contributed by atoms with Gasteiger partial charge in [-0.15, -0.1) is 5.53 Å². The molecule has 1 aliphatic rings. The Labute approximate surface area is 153 Å². The van der Waals surface area contributed by atoms with E-state index in [1.807, 2.05) is 36.5 Å². The summed E-state index contributed by atoms with van der Waals surface area (Å²) < 4.78 is 5.27. The van der Waals surface area contributed by atoms with Crippen LogP contribution >= 0.6 is 0 Å². The van der Waals surface area contributed by atoms with Gasteiger partial charge in [0, 0.05) is 25.5 Å². The number of carbonyl (C=O) groups excluding carboxylic acids is 2. The lowest BCUT2D eigenvalue weighted by Gasteiger charge is -2.24. The van der Waals surface area contributed by atoms with E-state index in [1.165, 1.54) is 0 Å². The summed E-state index contributed by atoms with van der Waals surface area (Å²) in [7, 11) is 0. The lowest BCUT2D eigenvalue weighted by molar-refractivity contribution is -0.123. The maximum Gasteiger partial charge on any atom is 0.408 e. The molecule has 4 N–H and O–H groups in total. The number of hydrogen-bond acceptors (Lipinski definition) is 6. The highest BCUT2D eigenvalue weighted by molar-refractivity contribution is 5.85. The highest BCUT2D eigenvalue weighted by Crippen LogP contribution is 2.08. The second kappa shape index (κ2) is 9.10. The van der Waals surface area contributed by atoms with Gasteiger partial charge >= 0.3 is 6.09 Å². The third-order valence-electron chi connectivity index (χ3n) is 3.52. The fourth-order valence-corrected chi connectivity index (χ4v) is 2.31. The number of amides is 2. The van der Waals surface area contributed by atoms with Crippen molar-refractivity contribution in [2.75, 3.05) is 6.54 Å². The SMILES string of the molecule is CC(C)(C)OC(=O)N[C@@H](CCN1C=CNN1)C(=O)NCc1ccccc1. The number of carbonyl (C=O) groups is 2. The van der Waals surface area contributed by atoms with Crippen LogP contribution in [0.4, 0.5) is 4.79 Å². The standard InChI is InChI=1S/C18H27N5O3/c1-18(2,3)26-17(25)21-15(9-11-23-12-10-20-22-23)16(24)19-13-14-7-5-4-6-8-14/h4-8,10,12,15,20,22H,9,11,13H2,1-3H3,(H,19,24)(H,21,25)/t15-/m0/s1. The van der Waals surface area contributed by atoms with Gasteiger partial charge in [-0.3, -0.25) is 9.80 Å². The van der Waals surface area contributed by atoms with E-state index in [4.69, 9.17) is 4.74 Å². The van der Waals surface area contributed by atoms with E-state index in [0.717, 1.165) is 5.56 Å². The van der Waals surface area contributed by atoms with Gasteiger partial charge in [0.2, 0.25) is 5.91 Å². The van der Waals surface area contributed by atoms with Crippen LogP contribution in [0, 0.1) is 0 Å². The molecule has 142 valence electrons. The fourth-order valence-electron chi connectivity index (χ4n) is 2.31. The molecule has 1 atom stereocenters. The summed E-state index contributed by atoms with van der Waals surface area (Å²) in [5.74, 6) is -0.254. The first-order chi connectivity index (χ1) is 12.3. The topological polar surface area (TPSA) is 94.7 Å². The lowest BCUT2D eigenvalue weighted by atomic mass is 10.1. The number of hydrazine groups is 2. The molecular weight excluding hydrogens is 334 g/mol. The molecule has 1 heterocycles. The van der Waals surface area contributed by atoms with Crippen LogP contribution in [0.25, 0.3) is 0 Å². The first-order valence-electron chi connectivity index (χ1n) is 8.59. The summed E-state index contributed by atoms with van der Waals surface area (Å²) in [6.45, 7) is 6.27. The Kier molecular flexibility index (Phi) is 6.85. The molecule has 0 saturated carbocycles. The number of nitrogens with one attached hydrogen (secondary N) is 4. The van der Waals surface area contributed by atoms with Crippen molar-refractivity contribution in [1.29, 1.82) is 0 Å². The minimum absolute atomic E-state index is 0.254. The molecular formula is C18H27N5O3. The number of ether oxygens (including phenoxy) is 1. The van der Waals surface area contributed by atoms with Crippen molar-refractivity contribution in [3.63, 3.8) is 0 Å². The highest BCUT2D eigenvalue weighted by Gasteiger charge is 2.24. The molecule has 0 saturated heterocycles. The Morgan fingerprint density at radius 3 is 2.58 bits per heavy atom. The third kappa shape index (κ3) is 7.02. The number of hydrogen-bond donors (Lipinski definition) is 4. The predicted molar refractivity (Wildman–Crippen MR) is 98.2 cm³/mol. The van der Waals surface area contributed by atoms with Gasteiger partial charge in [-0.2, -0.15) is 0 Å². The van der Waals surface area contributed by atoms with Crippen LogP contribution in [-0.4, -0.2) is 35.2 Å². The average Bonchev–Trinajstić information content (AvgIpc) is 3.09. The Morgan fingerprint density at radius 2 is 1.96 bits per heavy atom. The third-order valence-corrected chi connectivity index (χ3v) is 3.52. The minimum atomic E-state index is -0.704. The number of alkyl carbamates (subject to hydrolysis) is 1. The summed E-state index contributed by atoms with van der Waals surface area (Å²) in [5, 5.41) is 7.31. The molecule has 0 fully saturated rings. The summed E-state index contributed by atoms with van der Waals surface area (Å²) in [4.78, 5) is 24.6. The summed E-state index contributed by atoms with van der Waals surface area (Å²) in [6, 6.07) is 8.90. The Hall–Kier alpha value is -2.74. The maximum atomic E-state index is 12.6. The quantitative estimate of drug-likeness (QED) is 0.586. The molecule has 0 aliphatic carbocycles. The molecule has 0 aromatic heterocycles.